The van der Waals surface area contributed by atoms with E-state index in [1.54, 1.807) is 43.3 Å². The van der Waals surface area contributed by atoms with Crippen LogP contribution >= 0.6 is 34.8 Å². The average Bonchev–Trinajstić information content (AvgIpc) is 2.44. The molecule has 4 nitrogen and oxygen atoms in total. The monoisotopic (exact) mass is 358 g/mol. The Morgan fingerprint density at radius 1 is 1.14 bits per heavy atom. The fourth-order valence-electron chi connectivity index (χ4n) is 1.68. The number of hydrogen-bond acceptors (Lipinski definition) is 3. The molecule has 3 N–H and O–H groups in total. The van der Waals surface area contributed by atoms with Gasteiger partial charge in [-0.25, -0.2) is 0 Å². The molecule has 0 saturated heterocycles. The lowest BCUT2D eigenvalue weighted by molar-refractivity contribution is -0.122. The minimum absolute atomic E-state index is 0.331. The minimum atomic E-state index is -0.771. The molecule has 22 heavy (non-hydrogen) atoms. The van der Waals surface area contributed by atoms with E-state index in [4.69, 9.17) is 45.3 Å². The summed E-state index contributed by atoms with van der Waals surface area (Å²) in [7, 11) is 0. The molecule has 7 heteroatoms. The number of ether oxygens (including phenoxy) is 1. The molecule has 1 amide bonds. The number of benzene rings is 2. The minimum Gasteiger partial charge on any atom is -0.479 e. The number of rotatable bonds is 4. The number of anilines is 2. The number of halogens is 3. The number of carbonyl (C=O) groups is 1. The van der Waals surface area contributed by atoms with Gasteiger partial charge < -0.3 is 15.8 Å². The number of nitrogen functional groups attached to an aromatic ring is 1. The van der Waals surface area contributed by atoms with Crippen molar-refractivity contribution in [3.8, 4) is 5.75 Å². The van der Waals surface area contributed by atoms with E-state index in [-0.39, 0.29) is 5.91 Å². The van der Waals surface area contributed by atoms with Crippen molar-refractivity contribution in [2.75, 3.05) is 11.1 Å². The van der Waals surface area contributed by atoms with Gasteiger partial charge in [-0.05, 0) is 43.3 Å². The predicted octanol–water partition coefficient (Wildman–Crippen LogP) is 4.64. The van der Waals surface area contributed by atoms with Crippen molar-refractivity contribution in [1.29, 1.82) is 0 Å². The Morgan fingerprint density at radius 3 is 2.50 bits per heavy atom. The fraction of sp³-hybridized carbons (Fsp3) is 0.133. The van der Waals surface area contributed by atoms with Crippen molar-refractivity contribution in [3.05, 3.63) is 51.5 Å². The van der Waals surface area contributed by atoms with Crippen molar-refractivity contribution < 1.29 is 9.53 Å². The first-order valence-corrected chi connectivity index (χ1v) is 7.48. The molecule has 1 unspecified atom stereocenters. The van der Waals surface area contributed by atoms with Crippen molar-refractivity contribution in [2.24, 2.45) is 0 Å². The highest BCUT2D eigenvalue weighted by molar-refractivity contribution is 6.35. The van der Waals surface area contributed by atoms with Gasteiger partial charge >= 0.3 is 0 Å². The third-order valence-electron chi connectivity index (χ3n) is 2.82. The van der Waals surface area contributed by atoms with E-state index in [1.807, 2.05) is 0 Å². The molecule has 0 aliphatic heterocycles. The van der Waals surface area contributed by atoms with Crippen LogP contribution < -0.4 is 15.8 Å². The summed E-state index contributed by atoms with van der Waals surface area (Å²) >= 11 is 17.8. The lowest BCUT2D eigenvalue weighted by Crippen LogP contribution is -2.30. The van der Waals surface area contributed by atoms with Crippen molar-refractivity contribution >= 4 is 52.1 Å². The highest BCUT2D eigenvalue weighted by Crippen LogP contribution is 2.29. The lowest BCUT2D eigenvalue weighted by Gasteiger charge is -2.16. The summed E-state index contributed by atoms with van der Waals surface area (Å²) < 4.78 is 5.53. The third kappa shape index (κ3) is 4.19. The largest absolute Gasteiger partial charge is 0.479 e. The van der Waals surface area contributed by atoms with Crippen LogP contribution in [0.5, 0.6) is 5.75 Å². The van der Waals surface area contributed by atoms with Gasteiger partial charge in [0, 0.05) is 10.7 Å². The first-order valence-electron chi connectivity index (χ1n) is 6.34. The van der Waals surface area contributed by atoms with E-state index in [2.05, 4.69) is 5.32 Å². The maximum atomic E-state index is 12.1. The van der Waals surface area contributed by atoms with Crippen LogP contribution in [0.25, 0.3) is 0 Å². The Hall–Kier alpha value is -1.62. The van der Waals surface area contributed by atoms with Crippen LogP contribution in [0, 0.1) is 0 Å². The predicted molar refractivity (Wildman–Crippen MR) is 91.0 cm³/mol. The molecule has 2 aromatic rings. The van der Waals surface area contributed by atoms with E-state index >= 15 is 0 Å². The van der Waals surface area contributed by atoms with Gasteiger partial charge in [-0.1, -0.05) is 34.8 Å². The molecule has 0 aliphatic carbocycles. The van der Waals surface area contributed by atoms with Gasteiger partial charge in [0.1, 0.15) is 5.75 Å². The Kier molecular flexibility index (Phi) is 5.40. The standard InChI is InChI=1S/C15H13Cl3N2O2/c1-8(22-14-5-2-9(16)6-12(14)18)15(21)20-13-4-3-10(19)7-11(13)17/h2-8H,19H2,1H3,(H,20,21). The first kappa shape index (κ1) is 16.7. The van der Waals surface area contributed by atoms with Crippen molar-refractivity contribution in [2.45, 2.75) is 13.0 Å². The van der Waals surface area contributed by atoms with Crippen LogP contribution in [0.2, 0.25) is 15.1 Å². The van der Waals surface area contributed by atoms with Crippen LogP contribution in [0.1, 0.15) is 6.92 Å². The molecule has 0 fully saturated rings. The number of hydrogen-bond donors (Lipinski definition) is 2. The number of nitrogens with two attached hydrogens (primary N) is 1. The molecule has 0 saturated carbocycles. The third-order valence-corrected chi connectivity index (χ3v) is 3.66. The summed E-state index contributed by atoms with van der Waals surface area (Å²) in [5.74, 6) is 0.00908. The molecule has 0 aliphatic rings. The first-order chi connectivity index (χ1) is 10.4. The fourth-order valence-corrected chi connectivity index (χ4v) is 2.37. The summed E-state index contributed by atoms with van der Waals surface area (Å²) in [6.07, 6.45) is -0.771. The zero-order valence-electron chi connectivity index (χ0n) is 11.6. The second-order valence-electron chi connectivity index (χ2n) is 4.56. The molecule has 0 radical (unpaired) electrons. The highest BCUT2D eigenvalue weighted by atomic mass is 35.5. The van der Waals surface area contributed by atoms with Crippen molar-refractivity contribution in [1.82, 2.24) is 0 Å². The molecule has 0 bridgehead atoms. The summed E-state index contributed by atoms with van der Waals surface area (Å²) in [5.41, 5.74) is 6.57. The van der Waals surface area contributed by atoms with Gasteiger partial charge in [-0.15, -0.1) is 0 Å². The summed E-state index contributed by atoms with van der Waals surface area (Å²) in [5, 5.41) is 3.84. The van der Waals surface area contributed by atoms with Gasteiger partial charge in [0.05, 0.1) is 15.7 Å². The van der Waals surface area contributed by atoms with Crippen LogP contribution in [0.4, 0.5) is 11.4 Å². The normalized spacial score (nSPS) is 11.8. The van der Waals surface area contributed by atoms with Gasteiger partial charge in [-0.2, -0.15) is 0 Å². The zero-order valence-corrected chi connectivity index (χ0v) is 13.8. The van der Waals surface area contributed by atoms with E-state index < -0.39 is 6.10 Å². The van der Waals surface area contributed by atoms with E-state index in [0.29, 0.717) is 32.2 Å². The molecule has 1 atom stereocenters. The summed E-state index contributed by atoms with van der Waals surface area (Å²) in [6, 6.07) is 9.59. The smallest absolute Gasteiger partial charge is 0.265 e. The maximum absolute atomic E-state index is 12.1. The van der Waals surface area contributed by atoms with Crippen LogP contribution in [-0.2, 0) is 4.79 Å². The number of amides is 1. The molecule has 0 spiro atoms. The Balaban J connectivity index is 2.05. The van der Waals surface area contributed by atoms with Gasteiger partial charge in [0.2, 0.25) is 0 Å². The van der Waals surface area contributed by atoms with Gasteiger partial charge in [-0.3, -0.25) is 4.79 Å². The quantitative estimate of drug-likeness (QED) is 0.782. The molecule has 2 aromatic carbocycles. The van der Waals surface area contributed by atoms with Crippen LogP contribution in [0.3, 0.4) is 0 Å². The molecular weight excluding hydrogens is 347 g/mol. The number of carbonyl (C=O) groups excluding carboxylic acids is 1. The lowest BCUT2D eigenvalue weighted by atomic mass is 10.2. The Morgan fingerprint density at radius 2 is 1.86 bits per heavy atom. The molecule has 0 heterocycles. The SMILES string of the molecule is CC(Oc1ccc(Cl)cc1Cl)C(=O)Nc1ccc(N)cc1Cl. The van der Waals surface area contributed by atoms with Gasteiger partial charge in [0.25, 0.3) is 5.91 Å². The highest BCUT2D eigenvalue weighted by Gasteiger charge is 2.17. The summed E-state index contributed by atoms with van der Waals surface area (Å²) in [6.45, 7) is 1.60. The molecular formula is C15H13Cl3N2O2. The number of nitrogens with one attached hydrogen (secondary N) is 1. The van der Waals surface area contributed by atoms with Crippen molar-refractivity contribution in [3.63, 3.8) is 0 Å². The topological polar surface area (TPSA) is 64.3 Å². The summed E-state index contributed by atoms with van der Waals surface area (Å²) in [4.78, 5) is 12.1. The van der Waals surface area contributed by atoms with E-state index in [9.17, 15) is 4.79 Å². The van der Waals surface area contributed by atoms with Crippen LogP contribution in [-0.4, -0.2) is 12.0 Å². The Labute approximate surface area is 143 Å². The second-order valence-corrected chi connectivity index (χ2v) is 5.81. The average molecular weight is 360 g/mol. The van der Waals surface area contributed by atoms with E-state index in [0.717, 1.165) is 0 Å². The molecule has 116 valence electrons. The Bertz CT molecular complexity index is 707. The second kappa shape index (κ2) is 7.09. The van der Waals surface area contributed by atoms with E-state index in [1.165, 1.54) is 0 Å². The van der Waals surface area contributed by atoms with Gasteiger partial charge in [0.15, 0.2) is 6.10 Å². The maximum Gasteiger partial charge on any atom is 0.265 e. The zero-order chi connectivity index (χ0) is 16.3. The molecule has 0 aromatic heterocycles. The molecule has 2 rings (SSSR count). The van der Waals surface area contributed by atoms with Crippen LogP contribution in [0.15, 0.2) is 36.4 Å².